The van der Waals surface area contributed by atoms with Gasteiger partial charge in [-0.1, -0.05) is 32.8 Å². The summed E-state index contributed by atoms with van der Waals surface area (Å²) in [5, 5.41) is 11.5. The van der Waals surface area contributed by atoms with E-state index in [1.807, 2.05) is 6.92 Å². The second-order valence-corrected chi connectivity index (χ2v) is 5.37. The van der Waals surface area contributed by atoms with Crippen LogP contribution < -0.4 is 5.32 Å². The maximum atomic E-state index is 13.6. The number of carbonyl (C=O) groups is 2. The van der Waals surface area contributed by atoms with E-state index in [0.29, 0.717) is 12.8 Å². The molecule has 0 radical (unpaired) electrons. The van der Waals surface area contributed by atoms with Gasteiger partial charge in [-0.05, 0) is 24.0 Å². The van der Waals surface area contributed by atoms with Crippen molar-refractivity contribution in [3.05, 3.63) is 35.4 Å². The summed E-state index contributed by atoms with van der Waals surface area (Å²) in [4.78, 5) is 23.0. The van der Waals surface area contributed by atoms with Gasteiger partial charge >= 0.3 is 5.97 Å². The predicted molar refractivity (Wildman–Crippen MR) is 78.5 cm³/mol. The van der Waals surface area contributed by atoms with Crippen molar-refractivity contribution < 1.29 is 23.5 Å². The van der Waals surface area contributed by atoms with E-state index in [9.17, 15) is 18.4 Å². The Labute approximate surface area is 128 Å². The monoisotopic (exact) mass is 313 g/mol. The first-order valence-corrected chi connectivity index (χ1v) is 7.32. The average Bonchev–Trinajstić information content (AvgIpc) is 2.42. The summed E-state index contributed by atoms with van der Waals surface area (Å²) in [7, 11) is 0. The molecule has 0 aromatic heterocycles. The van der Waals surface area contributed by atoms with E-state index in [4.69, 9.17) is 5.11 Å². The highest BCUT2D eigenvalue weighted by Gasteiger charge is 2.21. The SMILES string of the molecule is CCCCC(NC(=O)CC(C)c1ccc(F)cc1F)C(=O)O. The molecule has 2 N–H and O–H groups in total. The maximum Gasteiger partial charge on any atom is 0.326 e. The number of hydrogen-bond acceptors (Lipinski definition) is 2. The Morgan fingerprint density at radius 1 is 1.32 bits per heavy atom. The van der Waals surface area contributed by atoms with E-state index in [1.165, 1.54) is 6.07 Å². The Morgan fingerprint density at radius 2 is 2.00 bits per heavy atom. The van der Waals surface area contributed by atoms with Gasteiger partial charge in [0, 0.05) is 12.5 Å². The fourth-order valence-corrected chi connectivity index (χ4v) is 2.21. The van der Waals surface area contributed by atoms with E-state index in [1.54, 1.807) is 6.92 Å². The smallest absolute Gasteiger partial charge is 0.326 e. The minimum Gasteiger partial charge on any atom is -0.480 e. The van der Waals surface area contributed by atoms with Crippen molar-refractivity contribution in [3.63, 3.8) is 0 Å². The molecular weight excluding hydrogens is 292 g/mol. The van der Waals surface area contributed by atoms with Crippen LogP contribution in [0, 0.1) is 11.6 Å². The summed E-state index contributed by atoms with van der Waals surface area (Å²) >= 11 is 0. The normalized spacial score (nSPS) is 13.5. The molecule has 0 spiro atoms. The maximum absolute atomic E-state index is 13.6. The Morgan fingerprint density at radius 3 is 2.55 bits per heavy atom. The zero-order chi connectivity index (χ0) is 16.7. The number of carbonyl (C=O) groups excluding carboxylic acids is 1. The van der Waals surface area contributed by atoms with Crippen molar-refractivity contribution >= 4 is 11.9 Å². The molecule has 0 saturated heterocycles. The van der Waals surface area contributed by atoms with Crippen molar-refractivity contribution in [1.82, 2.24) is 5.32 Å². The molecule has 4 nitrogen and oxygen atoms in total. The Kier molecular flexibility index (Phi) is 6.95. The average molecular weight is 313 g/mol. The number of benzene rings is 1. The lowest BCUT2D eigenvalue weighted by Gasteiger charge is -2.17. The highest BCUT2D eigenvalue weighted by Crippen LogP contribution is 2.22. The van der Waals surface area contributed by atoms with E-state index in [2.05, 4.69) is 5.32 Å². The molecule has 1 aromatic carbocycles. The Balaban J connectivity index is 2.64. The fourth-order valence-electron chi connectivity index (χ4n) is 2.21. The number of carboxylic acid groups (broad SMARTS) is 1. The lowest BCUT2D eigenvalue weighted by molar-refractivity contribution is -0.142. The minimum atomic E-state index is -1.08. The van der Waals surface area contributed by atoms with Crippen LogP contribution in [0.15, 0.2) is 18.2 Å². The number of carboxylic acids is 1. The highest BCUT2D eigenvalue weighted by molar-refractivity contribution is 5.83. The molecular formula is C16H21F2NO3. The topological polar surface area (TPSA) is 66.4 Å². The summed E-state index contributed by atoms with van der Waals surface area (Å²) in [5.41, 5.74) is 0.233. The summed E-state index contributed by atoms with van der Waals surface area (Å²) in [6.07, 6.45) is 1.82. The van der Waals surface area contributed by atoms with Crippen LogP contribution in [-0.2, 0) is 9.59 Å². The molecule has 1 rings (SSSR count). The molecule has 0 heterocycles. The van der Waals surface area contributed by atoms with Gasteiger partial charge in [-0.15, -0.1) is 0 Å². The predicted octanol–water partition coefficient (Wildman–Crippen LogP) is 3.22. The van der Waals surface area contributed by atoms with Crippen LogP contribution >= 0.6 is 0 Å². The van der Waals surface area contributed by atoms with Gasteiger partial charge in [0.2, 0.25) is 5.91 Å². The van der Waals surface area contributed by atoms with Crippen LogP contribution in [0.1, 0.15) is 51.0 Å². The molecule has 2 unspecified atom stereocenters. The standard InChI is InChI=1S/C16H21F2NO3/c1-3-4-5-14(16(21)22)19-15(20)8-10(2)12-7-6-11(17)9-13(12)18/h6-7,9-10,14H,3-5,8H2,1-2H3,(H,19,20)(H,21,22). The van der Waals surface area contributed by atoms with Gasteiger partial charge in [-0.25, -0.2) is 13.6 Å². The third-order valence-corrected chi connectivity index (χ3v) is 3.46. The van der Waals surface area contributed by atoms with E-state index < -0.39 is 35.5 Å². The number of amides is 1. The number of halogens is 2. The molecule has 1 aromatic rings. The molecule has 0 aliphatic carbocycles. The first-order valence-electron chi connectivity index (χ1n) is 7.32. The van der Waals surface area contributed by atoms with Gasteiger partial charge in [0.05, 0.1) is 0 Å². The summed E-state index contributed by atoms with van der Waals surface area (Å²) < 4.78 is 26.5. The van der Waals surface area contributed by atoms with Gasteiger partial charge in [-0.2, -0.15) is 0 Å². The second-order valence-electron chi connectivity index (χ2n) is 5.37. The number of unbranched alkanes of at least 4 members (excludes halogenated alkanes) is 1. The van der Waals surface area contributed by atoms with Gasteiger partial charge in [0.25, 0.3) is 0 Å². The lowest BCUT2D eigenvalue weighted by atomic mass is 9.96. The Bertz CT molecular complexity index is 534. The van der Waals surface area contributed by atoms with Crippen molar-refractivity contribution in [1.29, 1.82) is 0 Å². The largest absolute Gasteiger partial charge is 0.480 e. The van der Waals surface area contributed by atoms with Crippen LogP contribution in [0.5, 0.6) is 0 Å². The zero-order valence-electron chi connectivity index (χ0n) is 12.7. The highest BCUT2D eigenvalue weighted by atomic mass is 19.1. The van der Waals surface area contributed by atoms with Crippen molar-refractivity contribution in [3.8, 4) is 0 Å². The van der Waals surface area contributed by atoms with Crippen molar-refractivity contribution in [2.45, 2.75) is 51.5 Å². The molecule has 0 fully saturated rings. The number of nitrogens with one attached hydrogen (secondary N) is 1. The van der Waals surface area contributed by atoms with Gasteiger partial charge < -0.3 is 10.4 Å². The van der Waals surface area contributed by atoms with Crippen LogP contribution in [0.3, 0.4) is 0 Å². The first-order chi connectivity index (χ1) is 10.3. The van der Waals surface area contributed by atoms with E-state index >= 15 is 0 Å². The van der Waals surface area contributed by atoms with Crippen LogP contribution in [0.4, 0.5) is 8.78 Å². The third-order valence-electron chi connectivity index (χ3n) is 3.46. The van der Waals surface area contributed by atoms with Gasteiger partial charge in [-0.3, -0.25) is 4.79 Å². The van der Waals surface area contributed by atoms with Crippen molar-refractivity contribution in [2.75, 3.05) is 0 Å². The molecule has 0 aliphatic rings. The van der Waals surface area contributed by atoms with E-state index in [-0.39, 0.29) is 12.0 Å². The molecule has 6 heteroatoms. The minimum absolute atomic E-state index is 0.0571. The molecule has 22 heavy (non-hydrogen) atoms. The second kappa shape index (κ2) is 8.46. The molecule has 122 valence electrons. The summed E-state index contributed by atoms with van der Waals surface area (Å²) in [6.45, 7) is 3.57. The van der Waals surface area contributed by atoms with Gasteiger partial charge in [0.15, 0.2) is 0 Å². The number of rotatable bonds is 8. The molecule has 0 aliphatic heterocycles. The first kappa shape index (κ1) is 18.1. The fraction of sp³-hybridized carbons (Fsp3) is 0.500. The van der Waals surface area contributed by atoms with Crippen LogP contribution in [0.25, 0.3) is 0 Å². The van der Waals surface area contributed by atoms with Crippen molar-refractivity contribution in [2.24, 2.45) is 0 Å². The Hall–Kier alpha value is -1.98. The summed E-state index contributed by atoms with van der Waals surface area (Å²) in [5.74, 6) is -3.40. The lowest BCUT2D eigenvalue weighted by Crippen LogP contribution is -2.41. The molecule has 0 saturated carbocycles. The summed E-state index contributed by atoms with van der Waals surface area (Å²) in [6, 6.07) is 2.27. The third kappa shape index (κ3) is 5.42. The molecule has 1 amide bonds. The zero-order valence-corrected chi connectivity index (χ0v) is 12.7. The van der Waals surface area contributed by atoms with Crippen LogP contribution in [-0.4, -0.2) is 23.0 Å². The quantitative estimate of drug-likeness (QED) is 0.774. The molecule has 2 atom stereocenters. The number of aliphatic carboxylic acids is 1. The molecule has 0 bridgehead atoms. The van der Waals surface area contributed by atoms with Gasteiger partial charge in [0.1, 0.15) is 17.7 Å². The van der Waals surface area contributed by atoms with Crippen LogP contribution in [0.2, 0.25) is 0 Å². The number of hydrogen-bond donors (Lipinski definition) is 2. The van der Waals surface area contributed by atoms with E-state index in [0.717, 1.165) is 18.6 Å².